The molecule has 0 radical (unpaired) electrons. The Hall–Kier alpha value is -3.23. The minimum atomic E-state index is -3.65. The first-order valence-corrected chi connectivity index (χ1v) is 15.3. The van der Waals surface area contributed by atoms with Crippen LogP contribution in [0, 0.1) is 11.1 Å². The normalized spacial score (nSPS) is 13.0. The minimum absolute atomic E-state index is 0.148. The van der Waals surface area contributed by atoms with Crippen molar-refractivity contribution in [2.75, 3.05) is 5.75 Å². The van der Waals surface area contributed by atoms with Gasteiger partial charge in [-0.3, -0.25) is 9.59 Å². The van der Waals surface area contributed by atoms with Gasteiger partial charge < -0.3 is 10.5 Å². The molecule has 1 heterocycles. The van der Waals surface area contributed by atoms with Crippen molar-refractivity contribution in [1.29, 1.82) is 0 Å². The highest BCUT2D eigenvalue weighted by atomic mass is 35.5. The molecule has 1 N–H and O–H groups in total. The summed E-state index contributed by atoms with van der Waals surface area (Å²) in [5.41, 5.74) is 3.18. The molecule has 208 valence electrons. The molecule has 0 aliphatic heterocycles. The summed E-state index contributed by atoms with van der Waals surface area (Å²) in [5, 5.41) is 15.4. The largest absolute Gasteiger partial charge is 0.619 e. The van der Waals surface area contributed by atoms with E-state index in [0.717, 1.165) is 17.5 Å². The van der Waals surface area contributed by atoms with Crippen molar-refractivity contribution < 1.29 is 22.7 Å². The Morgan fingerprint density at radius 2 is 1.72 bits per heavy atom. The Labute approximate surface area is 235 Å². The monoisotopic (exact) mass is 570 g/mol. The standard InChI is InChI=1S/C30H35ClN2O5S/c1-3-24-12-15-27(31)19-25(24)14-17-29(34)22(2)32-30(35)26(13-16-28-11-7-8-18-33(28)36)21-39(37,38)20-23-9-5-4-6-10-23/h4-12,15,18-19,22,26H,3,13-14,16-17,20-21H2,1-2H3,(H,32,35)/t22-,26-/m0/s1. The molecule has 0 aliphatic rings. The van der Waals surface area contributed by atoms with Crippen molar-refractivity contribution in [3.8, 4) is 0 Å². The van der Waals surface area contributed by atoms with Crippen LogP contribution in [0.5, 0.6) is 0 Å². The number of amides is 1. The zero-order valence-corrected chi connectivity index (χ0v) is 23.9. The fourth-order valence-corrected chi connectivity index (χ4v) is 6.47. The van der Waals surface area contributed by atoms with Crippen LogP contribution in [0.15, 0.2) is 72.9 Å². The molecule has 0 spiro atoms. The Morgan fingerprint density at radius 1 is 1.00 bits per heavy atom. The van der Waals surface area contributed by atoms with Gasteiger partial charge in [-0.05, 0) is 55.0 Å². The summed E-state index contributed by atoms with van der Waals surface area (Å²) in [6.07, 6.45) is 3.26. The predicted octanol–water partition coefficient (Wildman–Crippen LogP) is 4.41. The van der Waals surface area contributed by atoms with Crippen molar-refractivity contribution in [2.45, 2.75) is 57.7 Å². The molecule has 3 rings (SSSR count). The van der Waals surface area contributed by atoms with Crippen LogP contribution in [0.1, 0.15) is 49.1 Å². The first-order chi connectivity index (χ1) is 18.6. The molecule has 0 saturated carbocycles. The third-order valence-electron chi connectivity index (χ3n) is 6.74. The maximum absolute atomic E-state index is 13.3. The fraction of sp³-hybridized carbons (Fsp3) is 0.367. The first kappa shape index (κ1) is 30.3. The Balaban J connectivity index is 1.68. The molecule has 2 aromatic carbocycles. The van der Waals surface area contributed by atoms with Crippen LogP contribution in [-0.2, 0) is 44.4 Å². The fourth-order valence-electron chi connectivity index (χ4n) is 4.52. The van der Waals surface area contributed by atoms with Gasteiger partial charge in [0.1, 0.15) is 0 Å². The van der Waals surface area contributed by atoms with Gasteiger partial charge in [0.2, 0.25) is 5.91 Å². The molecule has 0 unspecified atom stereocenters. The smallest absolute Gasteiger partial charge is 0.224 e. The van der Waals surface area contributed by atoms with Gasteiger partial charge in [0.05, 0.1) is 23.5 Å². The number of aromatic nitrogens is 1. The topological polar surface area (TPSA) is 107 Å². The van der Waals surface area contributed by atoms with E-state index < -0.39 is 27.7 Å². The van der Waals surface area contributed by atoms with Crippen molar-refractivity contribution in [3.63, 3.8) is 0 Å². The van der Waals surface area contributed by atoms with Gasteiger partial charge in [-0.25, -0.2) is 8.42 Å². The molecule has 9 heteroatoms. The number of carbonyl (C=O) groups is 2. The maximum atomic E-state index is 13.3. The average molecular weight is 571 g/mol. The maximum Gasteiger partial charge on any atom is 0.224 e. The molecule has 0 aliphatic carbocycles. The Bertz CT molecular complexity index is 1380. The van der Waals surface area contributed by atoms with Crippen molar-refractivity contribution in [2.24, 2.45) is 5.92 Å². The van der Waals surface area contributed by atoms with Gasteiger partial charge >= 0.3 is 0 Å². The van der Waals surface area contributed by atoms with Crippen molar-refractivity contribution >= 4 is 33.1 Å². The second-order valence-corrected chi connectivity index (χ2v) is 12.3. The van der Waals surface area contributed by atoms with Gasteiger partial charge in [0.25, 0.3) is 0 Å². The number of halogens is 1. The lowest BCUT2D eigenvalue weighted by atomic mass is 9.97. The third-order valence-corrected chi connectivity index (χ3v) is 8.66. The molecule has 0 fully saturated rings. The van der Waals surface area contributed by atoms with E-state index in [1.165, 1.54) is 6.20 Å². The Morgan fingerprint density at radius 3 is 2.41 bits per heavy atom. The van der Waals surface area contributed by atoms with Gasteiger partial charge in [0, 0.05) is 30.0 Å². The number of hydrogen-bond acceptors (Lipinski definition) is 5. The number of nitrogens with one attached hydrogen (secondary N) is 1. The van der Waals surface area contributed by atoms with Crippen LogP contribution in [0.3, 0.4) is 0 Å². The molecule has 0 bridgehead atoms. The molecule has 0 saturated heterocycles. The molecule has 39 heavy (non-hydrogen) atoms. The van der Waals surface area contributed by atoms with Crippen LogP contribution in [-0.4, -0.2) is 31.9 Å². The van der Waals surface area contributed by atoms with Gasteiger partial charge in [-0.15, -0.1) is 0 Å². The Kier molecular flexibility index (Phi) is 11.1. The minimum Gasteiger partial charge on any atom is -0.619 e. The van der Waals surface area contributed by atoms with Crippen molar-refractivity contribution in [3.05, 3.63) is 106 Å². The second-order valence-electron chi connectivity index (χ2n) is 9.76. The summed E-state index contributed by atoms with van der Waals surface area (Å²) in [6, 6.07) is 18.6. The number of pyridine rings is 1. The predicted molar refractivity (Wildman–Crippen MR) is 153 cm³/mol. The number of Topliss-reactive ketones (excluding diaryl/α,β-unsaturated/α-hetero) is 1. The van der Waals surface area contributed by atoms with Crippen LogP contribution >= 0.6 is 11.6 Å². The SMILES string of the molecule is CCc1ccc(Cl)cc1CCC(=O)[C@H](C)NC(=O)[C@@H](CCc1cccc[n+]1[O-])CS(=O)(=O)Cc1ccccc1. The van der Waals surface area contributed by atoms with E-state index in [1.807, 2.05) is 25.1 Å². The summed E-state index contributed by atoms with van der Waals surface area (Å²) >= 11 is 6.13. The summed E-state index contributed by atoms with van der Waals surface area (Å²) < 4.78 is 26.8. The summed E-state index contributed by atoms with van der Waals surface area (Å²) in [5.74, 6) is -2.18. The van der Waals surface area contributed by atoms with Gasteiger partial charge in [-0.2, -0.15) is 4.73 Å². The number of benzene rings is 2. The van der Waals surface area contributed by atoms with Crippen molar-refractivity contribution in [1.82, 2.24) is 5.32 Å². The third kappa shape index (κ3) is 9.48. The van der Waals surface area contributed by atoms with Crippen LogP contribution in [0.2, 0.25) is 5.02 Å². The number of ketones is 1. The summed E-state index contributed by atoms with van der Waals surface area (Å²) in [7, 11) is -3.65. The molecule has 7 nitrogen and oxygen atoms in total. The molecular formula is C30H35ClN2O5S. The van der Waals surface area contributed by atoms with E-state index in [0.29, 0.717) is 27.4 Å². The summed E-state index contributed by atoms with van der Waals surface area (Å²) in [4.78, 5) is 26.2. The van der Waals surface area contributed by atoms with Gasteiger partial charge in [0.15, 0.2) is 27.5 Å². The van der Waals surface area contributed by atoms with E-state index >= 15 is 0 Å². The number of sulfone groups is 1. The quantitative estimate of drug-likeness (QED) is 0.228. The molecule has 2 atom stereocenters. The molecule has 3 aromatic rings. The number of rotatable bonds is 14. The van der Waals surface area contributed by atoms with E-state index in [2.05, 4.69) is 5.32 Å². The molecule has 1 aromatic heterocycles. The summed E-state index contributed by atoms with van der Waals surface area (Å²) in [6.45, 7) is 3.64. The first-order valence-electron chi connectivity index (χ1n) is 13.1. The van der Waals surface area contributed by atoms with Crippen LogP contribution in [0.25, 0.3) is 0 Å². The zero-order chi connectivity index (χ0) is 28.4. The highest BCUT2D eigenvalue weighted by Gasteiger charge is 2.28. The second kappa shape index (κ2) is 14.2. The lowest BCUT2D eigenvalue weighted by Gasteiger charge is -2.20. The zero-order valence-electron chi connectivity index (χ0n) is 22.3. The number of aryl methyl sites for hydroxylation is 3. The molecule has 1 amide bonds. The number of carbonyl (C=O) groups excluding carboxylic acids is 2. The van der Waals surface area contributed by atoms with Gasteiger partial charge in [-0.1, -0.05) is 61.0 Å². The lowest BCUT2D eigenvalue weighted by molar-refractivity contribution is -0.614. The highest BCUT2D eigenvalue weighted by molar-refractivity contribution is 7.90. The number of nitrogens with zero attached hydrogens (tertiary/aromatic N) is 1. The van der Waals surface area contributed by atoms with E-state index in [-0.39, 0.29) is 36.6 Å². The number of hydrogen-bond donors (Lipinski definition) is 1. The van der Waals surface area contributed by atoms with E-state index in [1.54, 1.807) is 55.5 Å². The average Bonchev–Trinajstić information content (AvgIpc) is 2.90. The lowest BCUT2D eigenvalue weighted by Crippen LogP contribution is -2.44. The van der Waals surface area contributed by atoms with E-state index in [4.69, 9.17) is 11.6 Å². The van der Waals surface area contributed by atoms with Crippen LogP contribution in [0.4, 0.5) is 0 Å². The van der Waals surface area contributed by atoms with Crippen LogP contribution < -0.4 is 10.0 Å². The highest BCUT2D eigenvalue weighted by Crippen LogP contribution is 2.19. The van der Waals surface area contributed by atoms with E-state index in [9.17, 15) is 23.2 Å². The molecular weight excluding hydrogens is 536 g/mol.